The van der Waals surface area contributed by atoms with Crippen molar-refractivity contribution in [3.63, 3.8) is 0 Å². The van der Waals surface area contributed by atoms with E-state index >= 15 is 0 Å². The maximum Gasteiger partial charge on any atom is 0.224 e. The first-order valence-electron chi connectivity index (χ1n) is 9.27. The fraction of sp³-hybridized carbons (Fsp3) is 0.450. The number of aryl methyl sites for hydroxylation is 2. The lowest BCUT2D eigenvalue weighted by Gasteiger charge is -2.13. The minimum atomic E-state index is 0. The monoisotopic (exact) mass is 498 g/mol. The summed E-state index contributed by atoms with van der Waals surface area (Å²) in [4.78, 5) is 15.9. The van der Waals surface area contributed by atoms with Crippen molar-refractivity contribution in [2.24, 2.45) is 12.0 Å². The van der Waals surface area contributed by atoms with Crippen LogP contribution in [0, 0.1) is 13.8 Å². The van der Waals surface area contributed by atoms with E-state index in [-0.39, 0.29) is 29.9 Å². The molecule has 0 aliphatic carbocycles. The third-order valence-corrected chi connectivity index (χ3v) is 4.49. The smallest absolute Gasteiger partial charge is 0.224 e. The Balaban J connectivity index is 0.00000392. The first kappa shape index (κ1) is 23.9. The SMILES string of the molecule is CCCC(=O)Nc1ccc(CNC(=NC)NCc2c(C)nn(C)c2C)cc1.I. The number of nitrogens with one attached hydrogen (secondary N) is 3. The molecular weight excluding hydrogens is 467 g/mol. The van der Waals surface area contributed by atoms with Gasteiger partial charge in [-0.25, -0.2) is 0 Å². The molecular formula is C20H31IN6O. The van der Waals surface area contributed by atoms with E-state index in [2.05, 4.69) is 33.0 Å². The van der Waals surface area contributed by atoms with Crippen molar-refractivity contribution >= 4 is 41.5 Å². The zero-order chi connectivity index (χ0) is 19.8. The normalized spacial score (nSPS) is 11.0. The average molecular weight is 498 g/mol. The van der Waals surface area contributed by atoms with E-state index in [1.54, 1.807) is 7.05 Å². The number of benzene rings is 1. The zero-order valence-corrected chi connectivity index (χ0v) is 19.6. The summed E-state index contributed by atoms with van der Waals surface area (Å²) < 4.78 is 1.89. The second-order valence-corrected chi connectivity index (χ2v) is 6.55. The molecule has 7 nitrogen and oxygen atoms in total. The molecule has 0 unspecified atom stereocenters. The summed E-state index contributed by atoms with van der Waals surface area (Å²) in [6.07, 6.45) is 1.39. The van der Waals surface area contributed by atoms with Gasteiger partial charge in [0.15, 0.2) is 5.96 Å². The number of nitrogens with zero attached hydrogens (tertiary/aromatic N) is 3. The van der Waals surface area contributed by atoms with Crippen LogP contribution in [0.4, 0.5) is 5.69 Å². The number of carbonyl (C=O) groups excluding carboxylic acids is 1. The van der Waals surface area contributed by atoms with Crippen molar-refractivity contribution < 1.29 is 4.79 Å². The summed E-state index contributed by atoms with van der Waals surface area (Å²) in [5.74, 6) is 0.784. The highest BCUT2D eigenvalue weighted by Crippen LogP contribution is 2.12. The molecule has 8 heteroatoms. The van der Waals surface area contributed by atoms with Crippen LogP contribution in [0.15, 0.2) is 29.3 Å². The second kappa shape index (κ2) is 11.7. The van der Waals surface area contributed by atoms with Crippen molar-refractivity contribution in [3.05, 3.63) is 46.8 Å². The molecule has 0 saturated carbocycles. The van der Waals surface area contributed by atoms with Gasteiger partial charge in [0.1, 0.15) is 0 Å². The van der Waals surface area contributed by atoms with E-state index in [4.69, 9.17) is 0 Å². The van der Waals surface area contributed by atoms with Gasteiger partial charge in [-0.2, -0.15) is 5.10 Å². The molecule has 0 saturated heterocycles. The van der Waals surface area contributed by atoms with Gasteiger partial charge < -0.3 is 16.0 Å². The minimum absolute atomic E-state index is 0. The lowest BCUT2D eigenvalue weighted by Crippen LogP contribution is -2.36. The van der Waals surface area contributed by atoms with Crippen LogP contribution in [0.1, 0.15) is 42.3 Å². The second-order valence-electron chi connectivity index (χ2n) is 6.55. The molecule has 0 atom stereocenters. The molecule has 28 heavy (non-hydrogen) atoms. The number of carbonyl (C=O) groups is 1. The Morgan fingerprint density at radius 2 is 1.79 bits per heavy atom. The van der Waals surface area contributed by atoms with E-state index in [9.17, 15) is 4.79 Å². The van der Waals surface area contributed by atoms with Gasteiger partial charge in [-0.1, -0.05) is 19.1 Å². The van der Waals surface area contributed by atoms with Crippen LogP contribution in [0.5, 0.6) is 0 Å². The number of rotatable bonds is 7. The summed E-state index contributed by atoms with van der Waals surface area (Å²) >= 11 is 0. The van der Waals surface area contributed by atoms with Crippen LogP contribution in [0.25, 0.3) is 0 Å². The predicted octanol–water partition coefficient (Wildman–Crippen LogP) is 3.26. The molecule has 1 aromatic carbocycles. The molecule has 2 aromatic rings. The van der Waals surface area contributed by atoms with Gasteiger partial charge in [0, 0.05) is 50.6 Å². The molecule has 0 bridgehead atoms. The number of hydrogen-bond acceptors (Lipinski definition) is 3. The molecule has 0 spiro atoms. The number of anilines is 1. The standard InChI is InChI=1S/C20H30N6O.HI/c1-6-7-19(27)24-17-10-8-16(9-11-17)12-22-20(21-4)23-13-18-14(2)25-26(5)15(18)3;/h8-11H,6-7,12-13H2,1-5H3,(H,24,27)(H2,21,22,23);1H. The topological polar surface area (TPSA) is 83.3 Å². The first-order chi connectivity index (χ1) is 12.9. The Kier molecular flexibility index (Phi) is 9.98. The quantitative estimate of drug-likeness (QED) is 0.311. The van der Waals surface area contributed by atoms with Gasteiger partial charge in [-0.15, -0.1) is 24.0 Å². The number of guanidine groups is 1. The maximum atomic E-state index is 11.6. The summed E-state index contributed by atoms with van der Waals surface area (Å²) in [5.41, 5.74) is 5.30. The van der Waals surface area contributed by atoms with E-state index in [0.717, 1.165) is 35.0 Å². The molecule has 0 radical (unpaired) electrons. The maximum absolute atomic E-state index is 11.6. The molecule has 154 valence electrons. The van der Waals surface area contributed by atoms with Crippen LogP contribution in [0.2, 0.25) is 0 Å². The van der Waals surface area contributed by atoms with Crippen LogP contribution in [-0.2, 0) is 24.9 Å². The molecule has 3 N–H and O–H groups in total. The molecule has 0 aliphatic heterocycles. The van der Waals surface area contributed by atoms with E-state index in [1.165, 1.54) is 5.56 Å². The van der Waals surface area contributed by atoms with Gasteiger partial charge >= 0.3 is 0 Å². The van der Waals surface area contributed by atoms with Gasteiger partial charge in [0.25, 0.3) is 0 Å². The van der Waals surface area contributed by atoms with Crippen molar-refractivity contribution in [3.8, 4) is 0 Å². The summed E-state index contributed by atoms with van der Waals surface area (Å²) in [5, 5.41) is 14.0. The van der Waals surface area contributed by atoms with Crippen LogP contribution in [-0.4, -0.2) is 28.7 Å². The minimum Gasteiger partial charge on any atom is -0.352 e. The predicted molar refractivity (Wildman–Crippen MR) is 125 cm³/mol. The largest absolute Gasteiger partial charge is 0.352 e. The lowest BCUT2D eigenvalue weighted by molar-refractivity contribution is -0.116. The first-order valence-corrected chi connectivity index (χ1v) is 9.27. The number of hydrogen-bond donors (Lipinski definition) is 3. The third-order valence-electron chi connectivity index (χ3n) is 4.49. The van der Waals surface area contributed by atoms with Crippen molar-refractivity contribution in [2.45, 2.75) is 46.7 Å². The Morgan fingerprint density at radius 1 is 1.14 bits per heavy atom. The summed E-state index contributed by atoms with van der Waals surface area (Å²) in [6.45, 7) is 7.39. The van der Waals surface area contributed by atoms with E-state index in [0.29, 0.717) is 19.5 Å². The lowest BCUT2D eigenvalue weighted by atomic mass is 10.2. The highest BCUT2D eigenvalue weighted by Gasteiger charge is 2.09. The highest BCUT2D eigenvalue weighted by molar-refractivity contribution is 14.0. The Bertz CT molecular complexity index is 798. The van der Waals surface area contributed by atoms with Crippen molar-refractivity contribution in [2.75, 3.05) is 12.4 Å². The van der Waals surface area contributed by atoms with Crippen LogP contribution >= 0.6 is 24.0 Å². The fourth-order valence-corrected chi connectivity index (χ4v) is 2.81. The Morgan fingerprint density at radius 3 is 2.32 bits per heavy atom. The van der Waals surface area contributed by atoms with Crippen LogP contribution in [0.3, 0.4) is 0 Å². The zero-order valence-electron chi connectivity index (χ0n) is 17.3. The van der Waals surface area contributed by atoms with E-state index in [1.807, 2.05) is 49.8 Å². The third kappa shape index (κ3) is 6.81. The summed E-state index contributed by atoms with van der Waals surface area (Å²) in [6, 6.07) is 7.83. The molecule has 1 amide bonds. The molecule has 2 rings (SSSR count). The fourth-order valence-electron chi connectivity index (χ4n) is 2.81. The Labute approximate surface area is 184 Å². The number of halogens is 1. The van der Waals surface area contributed by atoms with Crippen molar-refractivity contribution in [1.29, 1.82) is 0 Å². The molecule has 0 aliphatic rings. The van der Waals surface area contributed by atoms with E-state index < -0.39 is 0 Å². The van der Waals surface area contributed by atoms with Crippen LogP contribution < -0.4 is 16.0 Å². The summed E-state index contributed by atoms with van der Waals surface area (Å²) in [7, 11) is 3.71. The van der Waals surface area contributed by atoms with Gasteiger partial charge in [0.05, 0.1) is 5.69 Å². The van der Waals surface area contributed by atoms with Gasteiger partial charge in [-0.05, 0) is 38.0 Å². The molecule has 1 aromatic heterocycles. The highest BCUT2D eigenvalue weighted by atomic mass is 127. The van der Waals surface area contributed by atoms with Crippen molar-refractivity contribution in [1.82, 2.24) is 20.4 Å². The van der Waals surface area contributed by atoms with Gasteiger partial charge in [-0.3, -0.25) is 14.5 Å². The Hall–Kier alpha value is -2.10. The molecule has 1 heterocycles. The number of aromatic nitrogens is 2. The van der Waals surface area contributed by atoms with Gasteiger partial charge in [0.2, 0.25) is 5.91 Å². The molecule has 0 fully saturated rings. The average Bonchev–Trinajstić information content (AvgIpc) is 2.89. The number of aliphatic imine (C=N–C) groups is 1. The number of amides is 1.